The van der Waals surface area contributed by atoms with Crippen LogP contribution in [0.5, 0.6) is 0 Å². The molecule has 0 spiro atoms. The Morgan fingerprint density at radius 3 is 2.64 bits per heavy atom. The maximum Gasteiger partial charge on any atom is 0.433 e. The Labute approximate surface area is 125 Å². The molecule has 1 aromatic heterocycles. The van der Waals surface area contributed by atoms with Crippen molar-refractivity contribution in [2.45, 2.75) is 18.9 Å². The lowest BCUT2D eigenvalue weighted by atomic mass is 10.0. The average molecular weight is 304 g/mol. The zero-order valence-corrected chi connectivity index (χ0v) is 11.6. The van der Waals surface area contributed by atoms with Crippen molar-refractivity contribution in [2.24, 2.45) is 0 Å². The van der Waals surface area contributed by atoms with E-state index in [0.29, 0.717) is 6.54 Å². The molecule has 1 aliphatic rings. The monoisotopic (exact) mass is 304 g/mol. The molecule has 0 N–H and O–H groups in total. The molecule has 0 saturated carbocycles. The van der Waals surface area contributed by atoms with Crippen LogP contribution in [0.15, 0.2) is 40.8 Å². The number of hydrogen-bond acceptors (Lipinski definition) is 4. The van der Waals surface area contributed by atoms with Crippen molar-refractivity contribution in [1.29, 1.82) is 0 Å². The molecule has 1 saturated heterocycles. The SMILES string of the molecule is O=C(c1ccc([N+](=O)[O-])o1)N1CCC[C@@H]1c1ccc(F)cc1. The van der Waals surface area contributed by atoms with Gasteiger partial charge in [-0.15, -0.1) is 0 Å². The van der Waals surface area contributed by atoms with Gasteiger partial charge in [-0.1, -0.05) is 12.1 Å². The van der Waals surface area contributed by atoms with Crippen LogP contribution in [0.1, 0.15) is 35.0 Å². The first-order chi connectivity index (χ1) is 10.6. The van der Waals surface area contributed by atoms with Gasteiger partial charge in [-0.3, -0.25) is 14.9 Å². The van der Waals surface area contributed by atoms with Gasteiger partial charge < -0.3 is 9.32 Å². The van der Waals surface area contributed by atoms with E-state index in [0.717, 1.165) is 24.5 Å². The molecule has 1 aromatic carbocycles. The fraction of sp³-hybridized carbons (Fsp3) is 0.267. The summed E-state index contributed by atoms with van der Waals surface area (Å²) in [6.45, 7) is 0.537. The fourth-order valence-corrected chi connectivity index (χ4v) is 2.72. The van der Waals surface area contributed by atoms with Crippen LogP contribution in [0, 0.1) is 15.9 Å². The molecule has 0 bridgehead atoms. The summed E-state index contributed by atoms with van der Waals surface area (Å²) >= 11 is 0. The van der Waals surface area contributed by atoms with E-state index in [1.807, 2.05) is 0 Å². The Balaban J connectivity index is 1.84. The second kappa shape index (κ2) is 5.59. The number of benzene rings is 1. The predicted octanol–water partition coefficient (Wildman–Crippen LogP) is 3.30. The molecule has 1 amide bonds. The van der Waals surface area contributed by atoms with Crippen molar-refractivity contribution in [3.63, 3.8) is 0 Å². The minimum atomic E-state index is -0.682. The summed E-state index contributed by atoms with van der Waals surface area (Å²) in [5.41, 5.74) is 0.841. The largest absolute Gasteiger partial charge is 0.433 e. The van der Waals surface area contributed by atoms with E-state index < -0.39 is 10.8 Å². The summed E-state index contributed by atoms with van der Waals surface area (Å²) in [5.74, 6) is -1.23. The highest BCUT2D eigenvalue weighted by atomic mass is 19.1. The maximum absolute atomic E-state index is 13.0. The quantitative estimate of drug-likeness (QED) is 0.644. The van der Waals surface area contributed by atoms with Crippen LogP contribution in [0.25, 0.3) is 0 Å². The van der Waals surface area contributed by atoms with Crippen LogP contribution in [0.4, 0.5) is 10.3 Å². The summed E-state index contributed by atoms with van der Waals surface area (Å²) < 4.78 is 18.0. The van der Waals surface area contributed by atoms with Crippen molar-refractivity contribution in [2.75, 3.05) is 6.54 Å². The zero-order chi connectivity index (χ0) is 15.7. The third kappa shape index (κ3) is 2.57. The van der Waals surface area contributed by atoms with Gasteiger partial charge in [0.25, 0.3) is 5.91 Å². The summed E-state index contributed by atoms with van der Waals surface area (Å²) in [6.07, 6.45) is 1.58. The molecule has 0 radical (unpaired) electrons. The highest BCUT2D eigenvalue weighted by Crippen LogP contribution is 2.33. The molecule has 1 fully saturated rings. The molecule has 0 unspecified atom stereocenters. The standard InChI is InChI=1S/C15H13FN2O4/c16-11-5-3-10(4-6-11)12-2-1-9-17(12)15(19)13-7-8-14(22-13)18(20)21/h3-8,12H,1-2,9H2/t12-/m1/s1. The number of likely N-dealkylation sites (tertiary alicyclic amines) is 1. The first kappa shape index (κ1) is 14.2. The Morgan fingerprint density at radius 2 is 2.00 bits per heavy atom. The summed E-state index contributed by atoms with van der Waals surface area (Å²) in [5, 5.41) is 10.6. The molecule has 6 nitrogen and oxygen atoms in total. The number of carbonyl (C=O) groups excluding carboxylic acids is 1. The Kier molecular flexibility index (Phi) is 3.62. The third-order valence-corrected chi connectivity index (χ3v) is 3.75. The van der Waals surface area contributed by atoms with Crippen LogP contribution < -0.4 is 0 Å². The molecular formula is C15H13FN2O4. The molecule has 114 valence electrons. The molecule has 7 heteroatoms. The van der Waals surface area contributed by atoms with Gasteiger partial charge in [-0.25, -0.2) is 4.39 Å². The van der Waals surface area contributed by atoms with E-state index in [9.17, 15) is 19.3 Å². The molecule has 2 heterocycles. The van der Waals surface area contributed by atoms with Crippen molar-refractivity contribution in [3.8, 4) is 0 Å². The number of halogens is 1. The maximum atomic E-state index is 13.0. The molecule has 2 aromatic rings. The Bertz CT molecular complexity index is 711. The molecule has 1 aliphatic heterocycles. The topological polar surface area (TPSA) is 76.6 Å². The van der Waals surface area contributed by atoms with Crippen LogP contribution in [0.2, 0.25) is 0 Å². The number of hydrogen-bond donors (Lipinski definition) is 0. The van der Waals surface area contributed by atoms with Crippen LogP contribution in [-0.2, 0) is 0 Å². The second-order valence-electron chi connectivity index (χ2n) is 5.10. The predicted molar refractivity (Wildman–Crippen MR) is 74.8 cm³/mol. The normalized spacial score (nSPS) is 17.7. The van der Waals surface area contributed by atoms with E-state index >= 15 is 0 Å². The minimum absolute atomic E-state index is 0.0549. The number of amides is 1. The lowest BCUT2D eigenvalue weighted by Crippen LogP contribution is -2.30. The van der Waals surface area contributed by atoms with Crippen LogP contribution >= 0.6 is 0 Å². The summed E-state index contributed by atoms with van der Waals surface area (Å²) in [6, 6.07) is 8.31. The van der Waals surface area contributed by atoms with Gasteiger partial charge in [0.1, 0.15) is 10.7 Å². The zero-order valence-electron chi connectivity index (χ0n) is 11.6. The van der Waals surface area contributed by atoms with Crippen LogP contribution in [0.3, 0.4) is 0 Å². The van der Waals surface area contributed by atoms with Gasteiger partial charge in [-0.05, 0) is 36.6 Å². The van der Waals surface area contributed by atoms with Gasteiger partial charge in [0.2, 0.25) is 0 Å². The lowest BCUT2D eigenvalue weighted by molar-refractivity contribution is -0.402. The highest BCUT2D eigenvalue weighted by Gasteiger charge is 2.32. The smallest absolute Gasteiger partial charge is 0.395 e. The summed E-state index contributed by atoms with van der Waals surface area (Å²) in [4.78, 5) is 24.0. The average Bonchev–Trinajstić information content (AvgIpc) is 3.17. The lowest BCUT2D eigenvalue weighted by Gasteiger charge is -2.24. The summed E-state index contributed by atoms with van der Waals surface area (Å²) in [7, 11) is 0. The first-order valence-electron chi connectivity index (χ1n) is 6.87. The van der Waals surface area contributed by atoms with E-state index in [2.05, 4.69) is 0 Å². The van der Waals surface area contributed by atoms with E-state index in [-0.39, 0.29) is 23.5 Å². The van der Waals surface area contributed by atoms with E-state index in [1.165, 1.54) is 18.2 Å². The highest BCUT2D eigenvalue weighted by molar-refractivity contribution is 5.92. The van der Waals surface area contributed by atoms with Crippen molar-refractivity contribution < 1.29 is 18.5 Å². The molecule has 22 heavy (non-hydrogen) atoms. The minimum Gasteiger partial charge on any atom is -0.395 e. The van der Waals surface area contributed by atoms with Gasteiger partial charge in [0.05, 0.1) is 12.1 Å². The van der Waals surface area contributed by atoms with Gasteiger partial charge in [0, 0.05) is 6.54 Å². The van der Waals surface area contributed by atoms with Gasteiger partial charge in [-0.2, -0.15) is 0 Å². The van der Waals surface area contributed by atoms with E-state index in [4.69, 9.17) is 4.42 Å². The molecular weight excluding hydrogens is 291 g/mol. The third-order valence-electron chi connectivity index (χ3n) is 3.75. The molecule has 3 rings (SSSR count). The van der Waals surface area contributed by atoms with Crippen molar-refractivity contribution in [3.05, 3.63) is 63.7 Å². The van der Waals surface area contributed by atoms with Gasteiger partial charge in [0.15, 0.2) is 5.76 Å². The number of furan rings is 1. The number of carbonyl (C=O) groups is 1. The van der Waals surface area contributed by atoms with Crippen molar-refractivity contribution in [1.82, 2.24) is 4.90 Å². The molecule has 1 atom stereocenters. The number of rotatable bonds is 3. The van der Waals surface area contributed by atoms with Crippen molar-refractivity contribution >= 4 is 11.8 Å². The second-order valence-corrected chi connectivity index (χ2v) is 5.10. The fourth-order valence-electron chi connectivity index (χ4n) is 2.72. The number of nitrogens with zero attached hydrogens (tertiary/aromatic N) is 2. The van der Waals surface area contributed by atoms with E-state index in [1.54, 1.807) is 17.0 Å². The number of nitro groups is 1. The first-order valence-corrected chi connectivity index (χ1v) is 6.87. The Morgan fingerprint density at radius 1 is 1.27 bits per heavy atom. The van der Waals surface area contributed by atoms with Gasteiger partial charge >= 0.3 is 5.88 Å². The van der Waals surface area contributed by atoms with Crippen LogP contribution in [-0.4, -0.2) is 22.3 Å². The molecule has 0 aliphatic carbocycles. The Hall–Kier alpha value is -2.70.